The van der Waals surface area contributed by atoms with Gasteiger partial charge in [0.2, 0.25) is 0 Å². The summed E-state index contributed by atoms with van der Waals surface area (Å²) in [6.07, 6.45) is 0. The molecule has 4 rings (SSSR count). The number of hydrogen-bond acceptors (Lipinski definition) is 2. The number of aromatic amines is 2. The molecule has 2 N–H and O–H groups in total. The molecule has 2 aromatic carbocycles. The predicted octanol–water partition coefficient (Wildman–Crippen LogP) is 3.38. The lowest BCUT2D eigenvalue weighted by atomic mass is 10.2. The summed E-state index contributed by atoms with van der Waals surface area (Å²) in [6.45, 7) is 0. The van der Waals surface area contributed by atoms with E-state index in [1.54, 1.807) is 0 Å². The summed E-state index contributed by atoms with van der Waals surface area (Å²) in [6, 6.07) is 10.1. The summed E-state index contributed by atoms with van der Waals surface area (Å²) in [4.78, 5) is 7.07. The van der Waals surface area contributed by atoms with Crippen LogP contribution >= 0.6 is 0 Å². The largest absolute Gasteiger partial charge is 0.336 e. The van der Waals surface area contributed by atoms with Gasteiger partial charge in [0.15, 0.2) is 17.5 Å². The second-order valence-corrected chi connectivity index (χ2v) is 4.46. The van der Waals surface area contributed by atoms with E-state index in [2.05, 4.69) is 20.2 Å². The fourth-order valence-electron chi connectivity index (χ4n) is 2.27. The highest BCUT2D eigenvalue weighted by Crippen LogP contribution is 2.27. The zero-order chi connectivity index (χ0) is 13.7. The number of halogens is 2. The second-order valence-electron chi connectivity index (χ2n) is 4.46. The Balaban J connectivity index is 2.01. The van der Waals surface area contributed by atoms with Gasteiger partial charge < -0.3 is 4.98 Å². The molecule has 0 atom stereocenters. The molecule has 0 aliphatic carbocycles. The quantitative estimate of drug-likeness (QED) is 0.557. The van der Waals surface area contributed by atoms with Gasteiger partial charge in [0.05, 0.1) is 11.0 Å². The van der Waals surface area contributed by atoms with E-state index in [1.807, 2.05) is 24.3 Å². The number of H-pyrrole nitrogens is 2. The van der Waals surface area contributed by atoms with Crippen molar-refractivity contribution in [1.82, 2.24) is 20.2 Å². The Bertz CT molecular complexity index is 939. The van der Waals surface area contributed by atoms with E-state index >= 15 is 0 Å². The van der Waals surface area contributed by atoms with E-state index < -0.39 is 11.6 Å². The predicted molar refractivity (Wildman–Crippen MR) is 71.1 cm³/mol. The van der Waals surface area contributed by atoms with Crippen LogP contribution in [0.3, 0.4) is 0 Å². The topological polar surface area (TPSA) is 57.4 Å². The number of para-hydroxylation sites is 1. The molecule has 6 heteroatoms. The molecule has 2 heterocycles. The van der Waals surface area contributed by atoms with Crippen LogP contribution in [0.2, 0.25) is 0 Å². The van der Waals surface area contributed by atoms with Crippen molar-refractivity contribution in [3.05, 3.63) is 48.0 Å². The average molecular weight is 270 g/mol. The van der Waals surface area contributed by atoms with Gasteiger partial charge in [-0.3, -0.25) is 5.10 Å². The molecule has 2 aromatic heterocycles. The zero-order valence-corrected chi connectivity index (χ0v) is 10.1. The monoisotopic (exact) mass is 270 g/mol. The van der Waals surface area contributed by atoms with Gasteiger partial charge in [-0.15, -0.1) is 0 Å². The van der Waals surface area contributed by atoms with Crippen molar-refractivity contribution >= 4 is 21.9 Å². The van der Waals surface area contributed by atoms with Crippen molar-refractivity contribution in [3.8, 4) is 11.5 Å². The summed E-state index contributed by atoms with van der Waals surface area (Å²) < 4.78 is 26.9. The van der Waals surface area contributed by atoms with Crippen molar-refractivity contribution in [2.75, 3.05) is 0 Å². The van der Waals surface area contributed by atoms with E-state index in [1.165, 1.54) is 6.07 Å². The number of aromatic nitrogens is 4. The lowest BCUT2D eigenvalue weighted by molar-refractivity contribution is 0.515. The molecule has 0 amide bonds. The van der Waals surface area contributed by atoms with E-state index in [0.29, 0.717) is 17.0 Å². The van der Waals surface area contributed by atoms with Crippen molar-refractivity contribution in [3.63, 3.8) is 0 Å². The van der Waals surface area contributed by atoms with Crippen LogP contribution in [-0.2, 0) is 0 Å². The van der Waals surface area contributed by atoms with Gasteiger partial charge in [0.25, 0.3) is 0 Å². The molecule has 0 unspecified atom stereocenters. The minimum atomic E-state index is -0.954. The lowest BCUT2D eigenvalue weighted by Crippen LogP contribution is -1.84. The molecule has 0 bridgehead atoms. The number of imidazole rings is 1. The molecule has 4 nitrogen and oxygen atoms in total. The third-order valence-electron chi connectivity index (χ3n) is 3.24. The van der Waals surface area contributed by atoms with Crippen LogP contribution in [0, 0.1) is 11.6 Å². The Morgan fingerprint density at radius 2 is 1.80 bits per heavy atom. The molecule has 0 spiro atoms. The fourth-order valence-corrected chi connectivity index (χ4v) is 2.27. The van der Waals surface area contributed by atoms with E-state index in [4.69, 9.17) is 0 Å². The van der Waals surface area contributed by atoms with Crippen LogP contribution in [0.15, 0.2) is 36.4 Å². The number of fused-ring (bicyclic) bond motifs is 2. The Hall–Kier alpha value is -2.76. The maximum absolute atomic E-state index is 13.7. The van der Waals surface area contributed by atoms with E-state index in [0.717, 1.165) is 17.0 Å². The first-order valence-electron chi connectivity index (χ1n) is 6.01. The third-order valence-corrected chi connectivity index (χ3v) is 3.24. The van der Waals surface area contributed by atoms with Crippen LogP contribution in [0.5, 0.6) is 0 Å². The van der Waals surface area contributed by atoms with Gasteiger partial charge in [-0.05, 0) is 18.2 Å². The van der Waals surface area contributed by atoms with Crippen molar-refractivity contribution in [1.29, 1.82) is 0 Å². The molecule has 0 saturated carbocycles. The molecule has 0 fully saturated rings. The molecule has 20 heavy (non-hydrogen) atoms. The maximum Gasteiger partial charge on any atom is 0.186 e. The smallest absolute Gasteiger partial charge is 0.186 e. The van der Waals surface area contributed by atoms with Gasteiger partial charge in [0, 0.05) is 5.39 Å². The Morgan fingerprint density at radius 3 is 2.70 bits per heavy atom. The first-order chi connectivity index (χ1) is 9.74. The fraction of sp³-hybridized carbons (Fsp3) is 0. The highest BCUT2D eigenvalue weighted by Gasteiger charge is 2.15. The minimum Gasteiger partial charge on any atom is -0.336 e. The summed E-state index contributed by atoms with van der Waals surface area (Å²) in [5.41, 5.74) is 1.85. The van der Waals surface area contributed by atoms with E-state index in [-0.39, 0.29) is 5.52 Å². The average Bonchev–Trinajstić information content (AvgIpc) is 3.06. The molecular weight excluding hydrogens is 262 g/mol. The number of nitrogens with one attached hydrogen (secondary N) is 2. The van der Waals surface area contributed by atoms with Crippen molar-refractivity contribution in [2.24, 2.45) is 0 Å². The van der Waals surface area contributed by atoms with Crippen LogP contribution in [-0.4, -0.2) is 20.2 Å². The van der Waals surface area contributed by atoms with Gasteiger partial charge in [-0.25, -0.2) is 13.8 Å². The molecular formula is C14H8F2N4. The van der Waals surface area contributed by atoms with Crippen LogP contribution in [0.25, 0.3) is 33.5 Å². The lowest BCUT2D eigenvalue weighted by Gasteiger charge is -1.91. The Morgan fingerprint density at radius 1 is 0.950 bits per heavy atom. The summed E-state index contributed by atoms with van der Waals surface area (Å²) in [5.74, 6) is -1.46. The highest BCUT2D eigenvalue weighted by atomic mass is 19.2. The molecule has 4 aromatic rings. The Kier molecular flexibility index (Phi) is 2.14. The van der Waals surface area contributed by atoms with Gasteiger partial charge in [-0.1, -0.05) is 18.2 Å². The molecule has 98 valence electrons. The standard InChI is InChI=1S/C14H8F2N4/c15-8-5-6-10-13(11(8)16)18-14(17-10)12-7-3-1-2-4-9(7)19-20-12/h1-6H,(H,17,18)(H,19,20). The first kappa shape index (κ1) is 11.1. The summed E-state index contributed by atoms with van der Waals surface area (Å²) in [5, 5.41) is 7.93. The van der Waals surface area contributed by atoms with Gasteiger partial charge in [0.1, 0.15) is 11.2 Å². The van der Waals surface area contributed by atoms with Crippen LogP contribution in [0.1, 0.15) is 0 Å². The summed E-state index contributed by atoms with van der Waals surface area (Å²) >= 11 is 0. The minimum absolute atomic E-state index is 0.0212. The number of hydrogen-bond donors (Lipinski definition) is 2. The van der Waals surface area contributed by atoms with Crippen LogP contribution < -0.4 is 0 Å². The molecule has 0 radical (unpaired) electrons. The van der Waals surface area contributed by atoms with Crippen molar-refractivity contribution < 1.29 is 8.78 Å². The molecule has 0 saturated heterocycles. The maximum atomic E-state index is 13.7. The highest BCUT2D eigenvalue weighted by molar-refractivity contribution is 5.93. The number of benzene rings is 2. The first-order valence-corrected chi connectivity index (χ1v) is 6.01. The zero-order valence-electron chi connectivity index (χ0n) is 10.1. The van der Waals surface area contributed by atoms with Crippen molar-refractivity contribution in [2.45, 2.75) is 0 Å². The second kappa shape index (κ2) is 3.86. The Labute approximate surface area is 111 Å². The SMILES string of the molecule is Fc1ccc2[nH]c(-c3n[nH]c4ccccc34)nc2c1F. The summed E-state index contributed by atoms with van der Waals surface area (Å²) in [7, 11) is 0. The van der Waals surface area contributed by atoms with Gasteiger partial charge in [-0.2, -0.15) is 5.10 Å². The van der Waals surface area contributed by atoms with Gasteiger partial charge >= 0.3 is 0 Å². The number of rotatable bonds is 1. The normalized spacial score (nSPS) is 11.5. The molecule has 0 aliphatic heterocycles. The number of nitrogens with zero attached hydrogens (tertiary/aromatic N) is 2. The molecule has 0 aliphatic rings. The third kappa shape index (κ3) is 1.45. The van der Waals surface area contributed by atoms with Crippen LogP contribution in [0.4, 0.5) is 8.78 Å². The van der Waals surface area contributed by atoms with E-state index in [9.17, 15) is 8.78 Å².